The summed E-state index contributed by atoms with van der Waals surface area (Å²) in [5.74, 6) is 0.957. The molecule has 0 N–H and O–H groups in total. The molecule has 0 bridgehead atoms. The molecule has 1 aromatic carbocycles. The maximum Gasteiger partial charge on any atom is 0.178 e. The van der Waals surface area contributed by atoms with Gasteiger partial charge in [0.2, 0.25) is 0 Å². The second-order valence-electron chi connectivity index (χ2n) is 4.21. The van der Waals surface area contributed by atoms with Crippen molar-refractivity contribution in [1.29, 1.82) is 0 Å². The number of nitrogens with zero attached hydrogens (tertiary/aromatic N) is 3. The summed E-state index contributed by atoms with van der Waals surface area (Å²) in [4.78, 5) is 8.84. The Morgan fingerprint density at radius 1 is 1.06 bits per heavy atom. The lowest BCUT2D eigenvalue weighted by atomic mass is 10.1. The molecule has 0 unspecified atom stereocenters. The topological polar surface area (TPSA) is 30.7 Å². The molecule has 0 aliphatic rings. The van der Waals surface area contributed by atoms with Crippen LogP contribution in [0.2, 0.25) is 0 Å². The van der Waals surface area contributed by atoms with E-state index in [1.807, 2.05) is 19.2 Å². The van der Waals surface area contributed by atoms with Gasteiger partial charge in [-0.15, -0.1) is 0 Å². The second kappa shape index (κ2) is 3.70. The molecule has 3 heteroatoms. The van der Waals surface area contributed by atoms with Crippen LogP contribution in [0.4, 0.5) is 0 Å². The zero-order valence-electron chi connectivity index (χ0n) is 9.88. The van der Waals surface area contributed by atoms with E-state index in [1.54, 1.807) is 6.20 Å². The van der Waals surface area contributed by atoms with E-state index < -0.39 is 0 Å². The number of hydrogen-bond acceptors (Lipinski definition) is 2. The van der Waals surface area contributed by atoms with Crippen LogP contribution < -0.4 is 0 Å². The predicted octanol–water partition coefficient (Wildman–Crippen LogP) is 2.94. The molecule has 17 heavy (non-hydrogen) atoms. The molecular formula is C14H13N3. The lowest BCUT2D eigenvalue weighted by molar-refractivity contribution is 0.959. The van der Waals surface area contributed by atoms with E-state index in [0.717, 1.165) is 22.6 Å². The minimum absolute atomic E-state index is 0.797. The fraction of sp³-hybridized carbons (Fsp3) is 0.143. The van der Waals surface area contributed by atoms with Crippen molar-refractivity contribution in [3.63, 3.8) is 0 Å². The van der Waals surface area contributed by atoms with Gasteiger partial charge in [-0.05, 0) is 19.1 Å². The second-order valence-corrected chi connectivity index (χ2v) is 4.21. The fourth-order valence-electron chi connectivity index (χ4n) is 1.99. The lowest BCUT2D eigenvalue weighted by Crippen LogP contribution is -1.92. The zero-order chi connectivity index (χ0) is 11.8. The van der Waals surface area contributed by atoms with Gasteiger partial charge in [-0.2, -0.15) is 0 Å². The quantitative estimate of drug-likeness (QED) is 0.635. The fourth-order valence-corrected chi connectivity index (χ4v) is 1.99. The molecule has 3 aromatic rings. The molecule has 2 heterocycles. The highest BCUT2D eigenvalue weighted by molar-refractivity contribution is 5.76. The molecule has 0 fully saturated rings. The summed E-state index contributed by atoms with van der Waals surface area (Å²) in [7, 11) is 2.02. The van der Waals surface area contributed by atoms with Gasteiger partial charge in [-0.3, -0.25) is 0 Å². The average Bonchev–Trinajstić information content (AvgIpc) is 2.69. The van der Waals surface area contributed by atoms with Gasteiger partial charge in [0.1, 0.15) is 5.82 Å². The minimum Gasteiger partial charge on any atom is -0.326 e. The molecule has 3 nitrogen and oxygen atoms in total. The van der Waals surface area contributed by atoms with Crippen LogP contribution in [-0.4, -0.2) is 14.5 Å². The lowest BCUT2D eigenvalue weighted by Gasteiger charge is -2.02. The Bertz CT molecular complexity index is 666. The predicted molar refractivity (Wildman–Crippen MR) is 68.7 cm³/mol. The number of hydrogen-bond donors (Lipinski definition) is 0. The highest BCUT2D eigenvalue weighted by Gasteiger charge is 2.09. The van der Waals surface area contributed by atoms with Crippen molar-refractivity contribution in [3.8, 4) is 11.4 Å². The summed E-state index contributed by atoms with van der Waals surface area (Å²) < 4.78 is 2.08. The van der Waals surface area contributed by atoms with Crippen LogP contribution in [0.25, 0.3) is 22.6 Å². The summed E-state index contributed by atoms with van der Waals surface area (Å²) >= 11 is 0. The third-order valence-corrected chi connectivity index (χ3v) is 2.97. The first-order valence-electron chi connectivity index (χ1n) is 5.60. The highest BCUT2D eigenvalue weighted by Crippen LogP contribution is 2.22. The van der Waals surface area contributed by atoms with Crippen LogP contribution in [-0.2, 0) is 7.05 Å². The van der Waals surface area contributed by atoms with Crippen molar-refractivity contribution in [2.24, 2.45) is 7.05 Å². The smallest absolute Gasteiger partial charge is 0.178 e. The van der Waals surface area contributed by atoms with Crippen molar-refractivity contribution in [2.75, 3.05) is 0 Å². The SMILES string of the molecule is Cc1ccc(-c2nc3ncccc3n2C)cc1. The Morgan fingerprint density at radius 2 is 1.82 bits per heavy atom. The number of fused-ring (bicyclic) bond motifs is 1. The van der Waals surface area contributed by atoms with Gasteiger partial charge < -0.3 is 4.57 Å². The van der Waals surface area contributed by atoms with Gasteiger partial charge in [0.15, 0.2) is 5.65 Å². The highest BCUT2D eigenvalue weighted by atomic mass is 15.1. The molecule has 2 aromatic heterocycles. The summed E-state index contributed by atoms with van der Waals surface area (Å²) in [5, 5.41) is 0. The molecule has 84 valence electrons. The van der Waals surface area contributed by atoms with Crippen LogP contribution in [0.15, 0.2) is 42.6 Å². The van der Waals surface area contributed by atoms with Gasteiger partial charge >= 0.3 is 0 Å². The number of pyridine rings is 1. The van der Waals surface area contributed by atoms with E-state index in [9.17, 15) is 0 Å². The molecule has 0 amide bonds. The number of aromatic nitrogens is 3. The summed E-state index contributed by atoms with van der Waals surface area (Å²) in [6.45, 7) is 2.08. The minimum atomic E-state index is 0.797. The maximum atomic E-state index is 4.56. The van der Waals surface area contributed by atoms with E-state index >= 15 is 0 Å². The summed E-state index contributed by atoms with van der Waals surface area (Å²) in [5.41, 5.74) is 4.23. The maximum absolute atomic E-state index is 4.56. The Hall–Kier alpha value is -2.16. The molecule has 0 saturated carbocycles. The van der Waals surface area contributed by atoms with Crippen LogP contribution in [0.1, 0.15) is 5.56 Å². The molecule has 0 atom stereocenters. The van der Waals surface area contributed by atoms with Crippen molar-refractivity contribution in [1.82, 2.24) is 14.5 Å². The third-order valence-electron chi connectivity index (χ3n) is 2.97. The molecule has 0 radical (unpaired) electrons. The van der Waals surface area contributed by atoms with Crippen LogP contribution in [0.3, 0.4) is 0 Å². The van der Waals surface area contributed by atoms with E-state index in [0.29, 0.717) is 0 Å². The van der Waals surface area contributed by atoms with E-state index in [-0.39, 0.29) is 0 Å². The van der Waals surface area contributed by atoms with Gasteiger partial charge in [0.25, 0.3) is 0 Å². The van der Waals surface area contributed by atoms with E-state index in [4.69, 9.17) is 0 Å². The molecule has 0 aliphatic carbocycles. The zero-order valence-corrected chi connectivity index (χ0v) is 9.88. The third kappa shape index (κ3) is 1.60. The number of aryl methyl sites for hydroxylation is 2. The Balaban J connectivity index is 2.24. The normalized spacial score (nSPS) is 10.9. The monoisotopic (exact) mass is 223 g/mol. The molecule has 3 rings (SSSR count). The molecule has 0 aliphatic heterocycles. The van der Waals surface area contributed by atoms with Gasteiger partial charge in [-0.25, -0.2) is 9.97 Å². The number of imidazole rings is 1. The summed E-state index contributed by atoms with van der Waals surface area (Å²) in [6, 6.07) is 12.4. The largest absolute Gasteiger partial charge is 0.326 e. The van der Waals surface area contributed by atoms with Crippen LogP contribution >= 0.6 is 0 Å². The van der Waals surface area contributed by atoms with E-state index in [2.05, 4.69) is 45.7 Å². The van der Waals surface area contributed by atoms with Gasteiger partial charge in [0, 0.05) is 18.8 Å². The first-order valence-corrected chi connectivity index (χ1v) is 5.60. The van der Waals surface area contributed by atoms with Crippen molar-refractivity contribution in [3.05, 3.63) is 48.2 Å². The van der Waals surface area contributed by atoms with E-state index in [1.165, 1.54) is 5.56 Å². The average molecular weight is 223 g/mol. The van der Waals surface area contributed by atoms with Gasteiger partial charge in [0.05, 0.1) is 5.52 Å². The molecular weight excluding hydrogens is 210 g/mol. The number of rotatable bonds is 1. The van der Waals surface area contributed by atoms with Gasteiger partial charge in [-0.1, -0.05) is 29.8 Å². The first-order chi connectivity index (χ1) is 8.25. The number of benzene rings is 1. The Kier molecular flexibility index (Phi) is 2.18. The summed E-state index contributed by atoms with van der Waals surface area (Å²) in [6.07, 6.45) is 1.77. The molecule has 0 spiro atoms. The Morgan fingerprint density at radius 3 is 2.53 bits per heavy atom. The van der Waals surface area contributed by atoms with Crippen molar-refractivity contribution < 1.29 is 0 Å². The standard InChI is InChI=1S/C14H13N3/c1-10-5-7-11(8-6-10)14-16-13-12(17(14)2)4-3-9-15-13/h3-9H,1-2H3. The van der Waals surface area contributed by atoms with Crippen molar-refractivity contribution in [2.45, 2.75) is 6.92 Å². The van der Waals surface area contributed by atoms with Crippen LogP contribution in [0, 0.1) is 6.92 Å². The molecule has 0 saturated heterocycles. The van der Waals surface area contributed by atoms with Crippen LogP contribution in [0.5, 0.6) is 0 Å². The van der Waals surface area contributed by atoms with Crippen molar-refractivity contribution >= 4 is 11.2 Å². The Labute approximate surface area is 99.8 Å². The first kappa shape index (κ1) is 10.0.